The molecule has 0 saturated carbocycles. The van der Waals surface area contributed by atoms with Crippen molar-refractivity contribution in [2.75, 3.05) is 32.8 Å². The number of phenols is 1. The molecule has 0 bridgehead atoms. The first-order chi connectivity index (χ1) is 17.6. The minimum atomic E-state index is -1.17. The summed E-state index contributed by atoms with van der Waals surface area (Å²) in [5.74, 6) is 1.29. The van der Waals surface area contributed by atoms with E-state index in [-0.39, 0.29) is 11.7 Å². The SMILES string of the molecule is CC.Oc1ccc2c(c1)OCC(c1ccccc1)C2(O)Cc1ccc(OCCN2CCCCC2)cc1. The molecule has 0 amide bonds. The van der Waals surface area contributed by atoms with E-state index in [0.29, 0.717) is 30.9 Å². The predicted octanol–water partition coefficient (Wildman–Crippen LogP) is 5.89. The molecule has 192 valence electrons. The Balaban J connectivity index is 0.00000148. The molecule has 3 aromatic rings. The first kappa shape index (κ1) is 26.1. The minimum absolute atomic E-state index is 0.130. The van der Waals surface area contributed by atoms with Gasteiger partial charge in [-0.1, -0.05) is 62.7 Å². The van der Waals surface area contributed by atoms with Crippen LogP contribution in [0.1, 0.15) is 55.7 Å². The fraction of sp³-hybridized carbons (Fsp3) is 0.419. The van der Waals surface area contributed by atoms with E-state index in [2.05, 4.69) is 4.90 Å². The van der Waals surface area contributed by atoms with E-state index in [1.54, 1.807) is 18.2 Å². The molecule has 5 heteroatoms. The third-order valence-corrected chi connectivity index (χ3v) is 7.14. The Bertz CT molecular complexity index is 1080. The quantitative estimate of drug-likeness (QED) is 0.433. The number of fused-ring (bicyclic) bond motifs is 1. The van der Waals surface area contributed by atoms with Crippen molar-refractivity contribution in [3.05, 3.63) is 89.5 Å². The number of benzene rings is 3. The van der Waals surface area contributed by atoms with Crippen molar-refractivity contribution >= 4 is 0 Å². The van der Waals surface area contributed by atoms with Crippen molar-refractivity contribution in [3.63, 3.8) is 0 Å². The molecular formula is C31H39NO4. The van der Waals surface area contributed by atoms with Crippen LogP contribution in [-0.2, 0) is 12.0 Å². The summed E-state index contributed by atoms with van der Waals surface area (Å²) in [6, 6.07) is 23.0. The Hall–Kier alpha value is -3.02. The van der Waals surface area contributed by atoms with E-state index < -0.39 is 5.60 Å². The Kier molecular flexibility index (Phi) is 8.89. The molecule has 2 unspecified atom stereocenters. The summed E-state index contributed by atoms with van der Waals surface area (Å²) in [4.78, 5) is 2.47. The van der Waals surface area contributed by atoms with Crippen LogP contribution in [0.3, 0.4) is 0 Å². The summed E-state index contributed by atoms with van der Waals surface area (Å²) < 4.78 is 12.0. The molecule has 2 aliphatic heterocycles. The number of hydrogen-bond acceptors (Lipinski definition) is 5. The summed E-state index contributed by atoms with van der Waals surface area (Å²) in [6.45, 7) is 8.34. The average molecular weight is 490 g/mol. The van der Waals surface area contributed by atoms with Gasteiger partial charge in [-0.3, -0.25) is 4.90 Å². The Morgan fingerprint density at radius 1 is 0.944 bits per heavy atom. The molecule has 3 aromatic carbocycles. The van der Waals surface area contributed by atoms with Gasteiger partial charge in [0.25, 0.3) is 0 Å². The summed E-state index contributed by atoms with van der Waals surface area (Å²) >= 11 is 0. The van der Waals surface area contributed by atoms with Crippen LogP contribution in [0.5, 0.6) is 17.2 Å². The van der Waals surface area contributed by atoms with E-state index in [9.17, 15) is 10.2 Å². The second kappa shape index (κ2) is 12.3. The number of likely N-dealkylation sites (tertiary alicyclic amines) is 1. The van der Waals surface area contributed by atoms with Crippen molar-refractivity contribution in [2.45, 2.75) is 51.0 Å². The highest BCUT2D eigenvalue weighted by molar-refractivity contribution is 5.48. The molecule has 5 nitrogen and oxygen atoms in total. The monoisotopic (exact) mass is 489 g/mol. The first-order valence-corrected chi connectivity index (χ1v) is 13.3. The molecule has 2 heterocycles. The van der Waals surface area contributed by atoms with Gasteiger partial charge in [-0.15, -0.1) is 0 Å². The Morgan fingerprint density at radius 2 is 1.67 bits per heavy atom. The van der Waals surface area contributed by atoms with Crippen LogP contribution in [0.2, 0.25) is 0 Å². The van der Waals surface area contributed by atoms with E-state index in [1.165, 1.54) is 32.4 Å². The molecule has 0 aliphatic carbocycles. The van der Waals surface area contributed by atoms with Gasteiger partial charge in [-0.2, -0.15) is 0 Å². The molecule has 5 rings (SSSR count). The van der Waals surface area contributed by atoms with E-state index in [0.717, 1.165) is 23.4 Å². The lowest BCUT2D eigenvalue weighted by atomic mass is 9.72. The van der Waals surface area contributed by atoms with Gasteiger partial charge in [0, 0.05) is 24.6 Å². The Labute approximate surface area is 215 Å². The zero-order chi connectivity index (χ0) is 25.4. The third kappa shape index (κ3) is 6.03. The number of phenolic OH excluding ortho intramolecular Hbond substituents is 1. The van der Waals surface area contributed by atoms with Crippen molar-refractivity contribution in [1.82, 2.24) is 4.90 Å². The van der Waals surface area contributed by atoms with Crippen molar-refractivity contribution in [1.29, 1.82) is 0 Å². The molecule has 1 saturated heterocycles. The number of hydrogen-bond donors (Lipinski definition) is 2. The maximum Gasteiger partial charge on any atom is 0.129 e. The van der Waals surface area contributed by atoms with Gasteiger partial charge in [0.2, 0.25) is 0 Å². The number of piperidine rings is 1. The van der Waals surface area contributed by atoms with E-state index >= 15 is 0 Å². The lowest BCUT2D eigenvalue weighted by Crippen LogP contribution is -2.42. The van der Waals surface area contributed by atoms with E-state index in [4.69, 9.17) is 9.47 Å². The Morgan fingerprint density at radius 3 is 2.39 bits per heavy atom. The van der Waals surface area contributed by atoms with Crippen LogP contribution >= 0.6 is 0 Å². The molecule has 1 fully saturated rings. The fourth-order valence-electron chi connectivity index (χ4n) is 5.25. The average Bonchev–Trinajstić information content (AvgIpc) is 2.92. The highest BCUT2D eigenvalue weighted by Gasteiger charge is 2.45. The molecule has 36 heavy (non-hydrogen) atoms. The molecular weight excluding hydrogens is 450 g/mol. The summed E-state index contributed by atoms with van der Waals surface area (Å²) in [5.41, 5.74) is 1.58. The lowest BCUT2D eigenvalue weighted by molar-refractivity contribution is -0.0256. The first-order valence-electron chi connectivity index (χ1n) is 13.3. The minimum Gasteiger partial charge on any atom is -0.508 e. The largest absolute Gasteiger partial charge is 0.508 e. The van der Waals surface area contributed by atoms with Crippen LogP contribution in [0.4, 0.5) is 0 Å². The molecule has 0 radical (unpaired) electrons. The van der Waals surface area contributed by atoms with Gasteiger partial charge in [-0.05, 0) is 61.3 Å². The number of rotatable bonds is 7. The van der Waals surface area contributed by atoms with Crippen molar-refractivity contribution < 1.29 is 19.7 Å². The summed E-state index contributed by atoms with van der Waals surface area (Å²) in [5, 5.41) is 22.1. The highest BCUT2D eigenvalue weighted by atomic mass is 16.5. The van der Waals surface area contributed by atoms with E-state index in [1.807, 2.05) is 68.4 Å². The normalized spacial score (nSPS) is 21.5. The van der Waals surface area contributed by atoms with Gasteiger partial charge < -0.3 is 19.7 Å². The standard InChI is InChI=1S/C29H33NO4.C2H6/c31-24-11-14-26-28(19-24)34-21-27(23-7-3-1-4-8-23)29(26,32)20-22-9-12-25(13-10-22)33-18-17-30-15-5-2-6-16-30;1-2/h1,3-4,7-14,19,27,31-32H,2,5-6,15-18,20-21H2;1-2H3. The zero-order valence-corrected chi connectivity index (χ0v) is 21.5. The van der Waals surface area contributed by atoms with Crippen LogP contribution in [0.25, 0.3) is 0 Å². The van der Waals surface area contributed by atoms with Crippen LogP contribution < -0.4 is 9.47 Å². The second-order valence-corrected chi connectivity index (χ2v) is 9.45. The van der Waals surface area contributed by atoms with Gasteiger partial charge in [-0.25, -0.2) is 0 Å². The maximum atomic E-state index is 12.1. The highest BCUT2D eigenvalue weighted by Crippen LogP contribution is 2.48. The number of ether oxygens (including phenoxy) is 2. The number of aliphatic hydroxyl groups is 1. The van der Waals surface area contributed by atoms with Crippen LogP contribution in [0, 0.1) is 0 Å². The second-order valence-electron chi connectivity index (χ2n) is 9.45. The summed E-state index contributed by atoms with van der Waals surface area (Å²) in [7, 11) is 0. The fourth-order valence-corrected chi connectivity index (χ4v) is 5.25. The van der Waals surface area contributed by atoms with Gasteiger partial charge in [0.15, 0.2) is 0 Å². The zero-order valence-electron chi connectivity index (χ0n) is 21.5. The van der Waals surface area contributed by atoms with Crippen LogP contribution in [0.15, 0.2) is 72.8 Å². The molecule has 2 N–H and O–H groups in total. The van der Waals surface area contributed by atoms with Gasteiger partial charge >= 0.3 is 0 Å². The number of nitrogens with zero attached hydrogens (tertiary/aromatic N) is 1. The van der Waals surface area contributed by atoms with Gasteiger partial charge in [0.1, 0.15) is 29.5 Å². The van der Waals surface area contributed by atoms with Gasteiger partial charge in [0.05, 0.1) is 12.5 Å². The lowest BCUT2D eigenvalue weighted by Gasteiger charge is -2.41. The third-order valence-electron chi connectivity index (χ3n) is 7.14. The molecule has 0 spiro atoms. The smallest absolute Gasteiger partial charge is 0.129 e. The number of aromatic hydroxyl groups is 1. The topological polar surface area (TPSA) is 62.2 Å². The molecule has 0 aromatic heterocycles. The van der Waals surface area contributed by atoms with Crippen molar-refractivity contribution in [3.8, 4) is 17.2 Å². The van der Waals surface area contributed by atoms with Crippen molar-refractivity contribution in [2.24, 2.45) is 0 Å². The van der Waals surface area contributed by atoms with Crippen LogP contribution in [-0.4, -0.2) is 48.0 Å². The summed E-state index contributed by atoms with van der Waals surface area (Å²) in [6.07, 6.45) is 4.35. The molecule has 2 aliphatic rings. The predicted molar refractivity (Wildman–Crippen MR) is 144 cm³/mol. The maximum absolute atomic E-state index is 12.1. The molecule has 2 atom stereocenters.